The molecule has 24 heavy (non-hydrogen) atoms. The zero-order chi connectivity index (χ0) is 17.3. The van der Waals surface area contributed by atoms with Gasteiger partial charge in [-0.15, -0.1) is 11.6 Å². The average molecular weight is 358 g/mol. The number of fused-ring (bicyclic) bond motifs is 1. The van der Waals surface area contributed by atoms with Crippen LogP contribution >= 0.6 is 11.6 Å². The fourth-order valence-corrected chi connectivity index (χ4v) is 3.14. The van der Waals surface area contributed by atoms with Crippen molar-refractivity contribution < 1.29 is 18.0 Å². The standard InChI is InChI=1S/C16H15ClF3N3O/c17-7-15(24)23(9-11-12(18)2-3-13(19)16(11)20)10-1-4-14-21-5-6-22(14)8-10/h2-3,5-6,10H,1,4,7-9H2. The molecule has 0 saturated heterocycles. The summed E-state index contributed by atoms with van der Waals surface area (Å²) >= 11 is 5.65. The predicted octanol–water partition coefficient (Wildman–Crippen LogP) is 2.88. The van der Waals surface area contributed by atoms with Crippen LogP contribution in [0, 0.1) is 17.5 Å². The minimum atomic E-state index is -1.28. The van der Waals surface area contributed by atoms with Gasteiger partial charge >= 0.3 is 0 Å². The highest BCUT2D eigenvalue weighted by Crippen LogP contribution is 2.24. The third-order valence-electron chi connectivity index (χ3n) is 4.25. The van der Waals surface area contributed by atoms with Crippen LogP contribution in [0.2, 0.25) is 0 Å². The van der Waals surface area contributed by atoms with Crippen molar-refractivity contribution in [2.45, 2.75) is 32.0 Å². The Bertz CT molecular complexity index is 765. The zero-order valence-corrected chi connectivity index (χ0v) is 13.4. The summed E-state index contributed by atoms with van der Waals surface area (Å²) in [5.41, 5.74) is -0.468. The Hall–Kier alpha value is -2.02. The third-order valence-corrected chi connectivity index (χ3v) is 4.48. The smallest absolute Gasteiger partial charge is 0.238 e. The first-order chi connectivity index (χ1) is 11.5. The summed E-state index contributed by atoms with van der Waals surface area (Å²) in [6.45, 7) is 0.0895. The summed E-state index contributed by atoms with van der Waals surface area (Å²) in [6.07, 6.45) is 4.68. The molecule has 8 heteroatoms. The predicted molar refractivity (Wildman–Crippen MR) is 81.9 cm³/mol. The number of benzene rings is 1. The number of aromatic nitrogens is 2. The first kappa shape index (κ1) is 16.8. The van der Waals surface area contributed by atoms with Crippen LogP contribution < -0.4 is 0 Å². The second kappa shape index (κ2) is 6.84. The van der Waals surface area contributed by atoms with Crippen molar-refractivity contribution >= 4 is 17.5 Å². The van der Waals surface area contributed by atoms with Crippen LogP contribution in [0.3, 0.4) is 0 Å². The van der Waals surface area contributed by atoms with E-state index in [-0.39, 0.29) is 18.5 Å². The highest BCUT2D eigenvalue weighted by molar-refractivity contribution is 6.27. The normalized spacial score (nSPS) is 16.8. The SMILES string of the molecule is O=C(CCl)N(Cc1c(F)ccc(F)c1F)C1CCc2nccn2C1. The Balaban J connectivity index is 1.89. The van der Waals surface area contributed by atoms with Gasteiger partial charge in [-0.05, 0) is 18.6 Å². The van der Waals surface area contributed by atoms with Crippen molar-refractivity contribution in [3.05, 3.63) is 53.4 Å². The Kier molecular flexibility index (Phi) is 4.80. The molecule has 1 aromatic carbocycles. The molecule has 0 radical (unpaired) electrons. The molecule has 0 bridgehead atoms. The van der Waals surface area contributed by atoms with Gasteiger partial charge in [0.1, 0.15) is 17.5 Å². The molecule has 1 unspecified atom stereocenters. The molecule has 0 saturated carbocycles. The van der Waals surface area contributed by atoms with Gasteiger partial charge in [0.15, 0.2) is 11.6 Å². The van der Waals surface area contributed by atoms with Gasteiger partial charge in [-0.3, -0.25) is 4.79 Å². The van der Waals surface area contributed by atoms with Crippen LogP contribution in [0.25, 0.3) is 0 Å². The Morgan fingerprint density at radius 3 is 2.83 bits per heavy atom. The molecule has 1 aromatic heterocycles. The van der Waals surface area contributed by atoms with Crippen molar-refractivity contribution in [1.82, 2.24) is 14.5 Å². The lowest BCUT2D eigenvalue weighted by Gasteiger charge is -2.35. The van der Waals surface area contributed by atoms with Crippen molar-refractivity contribution in [3.63, 3.8) is 0 Å². The van der Waals surface area contributed by atoms with Gasteiger partial charge in [-0.1, -0.05) is 0 Å². The maximum atomic E-state index is 13.9. The van der Waals surface area contributed by atoms with Crippen LogP contribution in [-0.2, 0) is 24.3 Å². The van der Waals surface area contributed by atoms with Crippen LogP contribution in [0.4, 0.5) is 13.2 Å². The van der Waals surface area contributed by atoms with Gasteiger partial charge < -0.3 is 9.47 Å². The van der Waals surface area contributed by atoms with E-state index in [9.17, 15) is 18.0 Å². The molecular formula is C16H15ClF3N3O. The second-order valence-corrected chi connectivity index (χ2v) is 5.93. The van der Waals surface area contributed by atoms with Crippen molar-refractivity contribution in [1.29, 1.82) is 0 Å². The monoisotopic (exact) mass is 357 g/mol. The Morgan fingerprint density at radius 2 is 2.08 bits per heavy atom. The molecule has 128 valence electrons. The largest absolute Gasteiger partial charge is 0.333 e. The number of hydrogen-bond acceptors (Lipinski definition) is 2. The third kappa shape index (κ3) is 3.13. The minimum absolute atomic E-state index is 0.292. The Morgan fingerprint density at radius 1 is 1.33 bits per heavy atom. The number of hydrogen-bond donors (Lipinski definition) is 0. The van der Waals surface area contributed by atoms with Crippen molar-refractivity contribution in [3.8, 4) is 0 Å². The van der Waals surface area contributed by atoms with E-state index in [1.54, 1.807) is 12.4 Å². The van der Waals surface area contributed by atoms with Gasteiger partial charge in [0, 0.05) is 30.9 Å². The molecule has 4 nitrogen and oxygen atoms in total. The van der Waals surface area contributed by atoms with E-state index in [1.807, 2.05) is 4.57 Å². The molecule has 3 rings (SSSR count). The second-order valence-electron chi connectivity index (χ2n) is 5.67. The molecule has 0 fully saturated rings. The number of imidazole rings is 1. The topological polar surface area (TPSA) is 38.1 Å². The van der Waals surface area contributed by atoms with E-state index in [4.69, 9.17) is 11.6 Å². The van der Waals surface area contributed by atoms with Gasteiger partial charge in [-0.2, -0.15) is 0 Å². The molecule has 0 N–H and O–H groups in total. The molecule has 0 aliphatic carbocycles. The summed E-state index contributed by atoms with van der Waals surface area (Å²) in [5.74, 6) is -3.18. The molecule has 1 atom stereocenters. The van der Waals surface area contributed by atoms with Crippen LogP contribution in [0.1, 0.15) is 17.8 Å². The van der Waals surface area contributed by atoms with Gasteiger partial charge in [0.05, 0.1) is 12.6 Å². The van der Waals surface area contributed by atoms with Gasteiger partial charge in [0.2, 0.25) is 5.91 Å². The molecule has 0 spiro atoms. The number of carbonyl (C=O) groups excluding carboxylic acids is 1. The summed E-state index contributed by atoms with van der Waals surface area (Å²) in [6, 6.07) is 1.28. The van der Waals surface area contributed by atoms with Crippen LogP contribution in [-0.4, -0.2) is 32.3 Å². The highest BCUT2D eigenvalue weighted by atomic mass is 35.5. The minimum Gasteiger partial charge on any atom is -0.333 e. The maximum absolute atomic E-state index is 13.9. The molecule has 2 aromatic rings. The van der Waals surface area contributed by atoms with E-state index < -0.39 is 28.9 Å². The molecule has 1 aliphatic heterocycles. The van der Waals surface area contributed by atoms with Crippen LogP contribution in [0.15, 0.2) is 24.5 Å². The molecular weight excluding hydrogens is 343 g/mol. The number of rotatable bonds is 4. The van der Waals surface area contributed by atoms with Crippen LogP contribution in [0.5, 0.6) is 0 Å². The lowest BCUT2D eigenvalue weighted by atomic mass is 10.0. The van der Waals surface area contributed by atoms with E-state index in [1.165, 1.54) is 4.90 Å². The highest BCUT2D eigenvalue weighted by Gasteiger charge is 2.29. The zero-order valence-electron chi connectivity index (χ0n) is 12.7. The van der Waals surface area contributed by atoms with E-state index in [2.05, 4.69) is 4.98 Å². The van der Waals surface area contributed by atoms with E-state index in [0.29, 0.717) is 19.4 Å². The summed E-state index contributed by atoms with van der Waals surface area (Å²) in [5, 5.41) is 0. The van der Waals surface area contributed by atoms with Crippen molar-refractivity contribution in [2.24, 2.45) is 0 Å². The molecule has 2 heterocycles. The summed E-state index contributed by atoms with van der Waals surface area (Å²) in [4.78, 5) is 17.7. The quantitative estimate of drug-likeness (QED) is 0.623. The van der Waals surface area contributed by atoms with E-state index >= 15 is 0 Å². The Labute approximate surface area is 141 Å². The lowest BCUT2D eigenvalue weighted by molar-refractivity contribution is -0.132. The first-order valence-electron chi connectivity index (χ1n) is 7.49. The number of carbonyl (C=O) groups is 1. The molecule has 1 aliphatic rings. The number of amides is 1. The first-order valence-corrected chi connectivity index (χ1v) is 8.02. The number of halogens is 4. The number of aryl methyl sites for hydroxylation is 1. The molecule has 1 amide bonds. The van der Waals surface area contributed by atoms with Gasteiger partial charge in [0.25, 0.3) is 0 Å². The number of nitrogens with zero attached hydrogens (tertiary/aromatic N) is 3. The fourth-order valence-electron chi connectivity index (χ4n) is 2.98. The van der Waals surface area contributed by atoms with Crippen molar-refractivity contribution in [2.75, 3.05) is 5.88 Å². The lowest BCUT2D eigenvalue weighted by Crippen LogP contribution is -2.45. The maximum Gasteiger partial charge on any atom is 0.238 e. The average Bonchev–Trinajstić information content (AvgIpc) is 3.05. The number of alkyl halides is 1. The fraction of sp³-hybridized carbons (Fsp3) is 0.375. The van der Waals surface area contributed by atoms with E-state index in [0.717, 1.165) is 18.0 Å². The van der Waals surface area contributed by atoms with Gasteiger partial charge in [-0.25, -0.2) is 18.2 Å². The summed E-state index contributed by atoms with van der Waals surface area (Å²) in [7, 11) is 0. The summed E-state index contributed by atoms with van der Waals surface area (Å²) < 4.78 is 43.2.